The zero-order chi connectivity index (χ0) is 40.5. The van der Waals surface area contributed by atoms with Gasteiger partial charge in [-0.15, -0.1) is 0 Å². The van der Waals surface area contributed by atoms with Gasteiger partial charge in [0.25, 0.3) is 0 Å². The van der Waals surface area contributed by atoms with Crippen molar-refractivity contribution in [3.05, 3.63) is 70.9 Å². The van der Waals surface area contributed by atoms with Crippen molar-refractivity contribution in [2.75, 3.05) is 62.2 Å². The number of rotatable bonds is 16. The third kappa shape index (κ3) is 10.7. The Morgan fingerprint density at radius 1 is 0.982 bits per heavy atom. The molecule has 2 fully saturated rings. The average Bonchev–Trinajstić information content (AvgIpc) is 3.60. The Bertz CT molecular complexity index is 1990. The highest BCUT2D eigenvalue weighted by molar-refractivity contribution is 5.92. The van der Waals surface area contributed by atoms with E-state index >= 15 is 0 Å². The first-order valence-electron chi connectivity index (χ1n) is 19.6. The van der Waals surface area contributed by atoms with E-state index in [1.54, 1.807) is 23.1 Å². The smallest absolute Gasteiger partial charge is 0.410 e. The van der Waals surface area contributed by atoms with Crippen LogP contribution in [-0.2, 0) is 34.0 Å². The Labute approximate surface area is 331 Å². The molecular formula is C40H55N9O8. The molecule has 2 amide bonds. The highest BCUT2D eigenvalue weighted by atomic mass is 16.7. The van der Waals surface area contributed by atoms with E-state index in [-0.39, 0.29) is 49.5 Å². The fourth-order valence-electron chi connectivity index (χ4n) is 6.98. The number of nitrogens with two attached hydrogens (primary N) is 2. The lowest BCUT2D eigenvalue weighted by atomic mass is 10.0. The van der Waals surface area contributed by atoms with Gasteiger partial charge in [-0.2, -0.15) is 4.98 Å². The molecule has 2 aliphatic rings. The summed E-state index contributed by atoms with van der Waals surface area (Å²) in [5, 5.41) is 36.3. The number of hydrogen-bond donors (Lipinski definition) is 7. The molecule has 2 aromatic carbocycles. The summed E-state index contributed by atoms with van der Waals surface area (Å²) in [6, 6.07) is 13.3. The van der Waals surface area contributed by atoms with Crippen LogP contribution >= 0.6 is 0 Å². The van der Waals surface area contributed by atoms with Gasteiger partial charge in [0.2, 0.25) is 18.1 Å². The number of benzene rings is 2. The fourth-order valence-corrected chi connectivity index (χ4v) is 6.98. The number of aliphatic hydroxyl groups excluding tert-OH is 3. The number of aromatic nitrogens is 3. The molecule has 9 N–H and O–H groups in total. The van der Waals surface area contributed by atoms with Crippen LogP contribution < -0.4 is 26.8 Å². The molecule has 17 nitrogen and oxygen atoms in total. The minimum absolute atomic E-state index is 0.0555. The van der Waals surface area contributed by atoms with E-state index in [4.69, 9.17) is 25.7 Å². The van der Waals surface area contributed by atoms with Crippen LogP contribution in [0.3, 0.4) is 0 Å². The Morgan fingerprint density at radius 2 is 1.77 bits per heavy atom. The third-order valence-corrected chi connectivity index (χ3v) is 10.2. The van der Waals surface area contributed by atoms with Crippen molar-refractivity contribution in [2.24, 2.45) is 5.73 Å². The summed E-state index contributed by atoms with van der Waals surface area (Å²) in [6.07, 6.45) is -0.548. The summed E-state index contributed by atoms with van der Waals surface area (Å²) in [4.78, 5) is 38.5. The van der Waals surface area contributed by atoms with Gasteiger partial charge in [-0.3, -0.25) is 9.69 Å². The quantitative estimate of drug-likeness (QED) is 0.0809. The number of nitrogen functional groups attached to an aromatic ring is 1. The summed E-state index contributed by atoms with van der Waals surface area (Å²) < 4.78 is 19.0. The number of ether oxygens (including phenoxy) is 3. The van der Waals surface area contributed by atoms with Crippen LogP contribution in [0.25, 0.3) is 11.0 Å². The van der Waals surface area contributed by atoms with E-state index in [0.717, 1.165) is 49.2 Å². The molecule has 0 bridgehead atoms. The molecule has 4 heterocycles. The normalized spacial score (nSPS) is 20.1. The van der Waals surface area contributed by atoms with Gasteiger partial charge in [0.1, 0.15) is 36.2 Å². The number of carbonyl (C=O) groups excluding carboxylic acids is 2. The Hall–Kier alpha value is -5.04. The number of anilines is 3. The van der Waals surface area contributed by atoms with Crippen molar-refractivity contribution in [1.82, 2.24) is 24.3 Å². The van der Waals surface area contributed by atoms with E-state index in [0.29, 0.717) is 38.3 Å². The number of piperazine rings is 1. The third-order valence-electron chi connectivity index (χ3n) is 10.2. The van der Waals surface area contributed by atoms with Crippen molar-refractivity contribution in [3.8, 4) is 5.75 Å². The van der Waals surface area contributed by atoms with Crippen LogP contribution in [0.1, 0.15) is 54.9 Å². The highest BCUT2D eigenvalue weighted by Gasteiger charge is 2.39. The maximum absolute atomic E-state index is 13.1. The van der Waals surface area contributed by atoms with Crippen molar-refractivity contribution >= 4 is 40.5 Å². The van der Waals surface area contributed by atoms with Crippen LogP contribution in [-0.4, -0.2) is 122 Å². The van der Waals surface area contributed by atoms with E-state index < -0.39 is 30.7 Å². The summed E-state index contributed by atoms with van der Waals surface area (Å²) in [5.74, 6) is 0.797. The number of hydrogen-bond acceptors (Lipinski definition) is 14. The number of nitrogens with one attached hydrogen (secondary N) is 2. The van der Waals surface area contributed by atoms with E-state index in [1.165, 1.54) is 16.7 Å². The number of nitrogens with zero attached hydrogens (tertiary/aromatic N) is 5. The molecule has 57 heavy (non-hydrogen) atoms. The average molecular weight is 790 g/mol. The minimum Gasteiger partial charge on any atom is -0.460 e. The number of fused-ring (bicyclic) bond motifs is 1. The predicted molar refractivity (Wildman–Crippen MR) is 214 cm³/mol. The van der Waals surface area contributed by atoms with Gasteiger partial charge in [-0.25, -0.2) is 9.78 Å². The van der Waals surface area contributed by atoms with Crippen LogP contribution in [0, 0.1) is 6.92 Å². The van der Waals surface area contributed by atoms with Gasteiger partial charge in [-0.1, -0.05) is 44.0 Å². The molecule has 17 heteroatoms. The summed E-state index contributed by atoms with van der Waals surface area (Å²) >= 11 is 0. The second-order valence-electron chi connectivity index (χ2n) is 14.6. The molecule has 6 rings (SSSR count). The van der Waals surface area contributed by atoms with Crippen molar-refractivity contribution in [3.63, 3.8) is 0 Å². The minimum atomic E-state index is -1.52. The number of amides is 2. The zero-order valence-corrected chi connectivity index (χ0v) is 32.6. The summed E-state index contributed by atoms with van der Waals surface area (Å²) in [5.41, 5.74) is 17.7. The second-order valence-corrected chi connectivity index (χ2v) is 14.6. The Balaban J connectivity index is 1.01. The van der Waals surface area contributed by atoms with Gasteiger partial charge in [0, 0.05) is 65.0 Å². The number of carbonyl (C=O) groups is 2. The van der Waals surface area contributed by atoms with Crippen molar-refractivity contribution in [1.29, 1.82) is 0 Å². The highest BCUT2D eigenvalue weighted by Crippen LogP contribution is 2.30. The lowest BCUT2D eigenvalue weighted by Crippen LogP contribution is -2.54. The summed E-state index contributed by atoms with van der Waals surface area (Å²) in [7, 11) is 0. The molecule has 0 spiro atoms. The molecule has 0 radical (unpaired) electrons. The van der Waals surface area contributed by atoms with Crippen LogP contribution in [0.15, 0.2) is 48.7 Å². The lowest BCUT2D eigenvalue weighted by molar-refractivity contribution is -0.241. The predicted octanol–water partition coefficient (Wildman–Crippen LogP) is 2.53. The maximum atomic E-state index is 13.1. The molecular weight excluding hydrogens is 734 g/mol. The topological polar surface area (TPSA) is 236 Å². The monoisotopic (exact) mass is 789 g/mol. The second kappa shape index (κ2) is 19.4. The molecule has 0 saturated carbocycles. The van der Waals surface area contributed by atoms with Gasteiger partial charge < -0.3 is 61.1 Å². The number of aliphatic hydroxyl groups is 3. The standard InChI is InChI=1S/C40H55N9O8/c1-3-4-5-13-43-37-34-29(45-39(42)46-37)11-14-49(34)22-28-8-6-26(19-25(28)2)21-47-15-17-48(18-16-47)40(54)56-23-27-7-9-32(30(20-27)44-33(51)10-12-41)57-38-36(53)35(52)31(50)24-55-38/h6-9,11,14,19-20,31,35-36,38,50,52-53H,3-5,10,12-13,15-18,21-24,41H2,1-2H3,(H,44,51)(H3,42,43,45,46)/t31-,35+,36-,38?/m0/s1. The molecule has 2 saturated heterocycles. The van der Waals surface area contributed by atoms with E-state index in [9.17, 15) is 24.9 Å². The number of unbranched alkanes of at least 4 members (excludes halogenated alkanes) is 2. The van der Waals surface area contributed by atoms with Crippen molar-refractivity contribution < 1.29 is 39.1 Å². The SMILES string of the molecule is CCCCCNc1nc(N)nc2ccn(Cc3ccc(CN4CCN(C(=O)OCc5ccc(OC6OC[C@H](O)[C@@H](O)[C@@H]6O)c(NC(=O)CCN)c5)CC4)cc3C)c12. The lowest BCUT2D eigenvalue weighted by Gasteiger charge is -2.35. The van der Waals surface area contributed by atoms with Crippen LogP contribution in [0.4, 0.5) is 22.2 Å². The molecule has 1 unspecified atom stereocenters. The molecule has 2 aromatic heterocycles. The first-order chi connectivity index (χ1) is 27.5. The van der Waals surface area contributed by atoms with Gasteiger partial charge in [0.15, 0.2) is 5.82 Å². The molecule has 4 atom stereocenters. The number of aryl methyl sites for hydroxylation is 1. The van der Waals surface area contributed by atoms with Crippen LogP contribution in [0.2, 0.25) is 0 Å². The largest absolute Gasteiger partial charge is 0.460 e. The van der Waals surface area contributed by atoms with Gasteiger partial charge in [0.05, 0.1) is 17.8 Å². The Morgan fingerprint density at radius 3 is 2.53 bits per heavy atom. The molecule has 4 aromatic rings. The molecule has 308 valence electrons. The zero-order valence-electron chi connectivity index (χ0n) is 32.6. The van der Waals surface area contributed by atoms with Crippen molar-refractivity contribution in [2.45, 2.75) is 83.8 Å². The van der Waals surface area contributed by atoms with E-state index in [1.807, 2.05) is 12.3 Å². The molecule has 0 aliphatic carbocycles. The first-order valence-corrected chi connectivity index (χ1v) is 19.6. The maximum Gasteiger partial charge on any atom is 0.410 e. The van der Waals surface area contributed by atoms with Gasteiger partial charge >= 0.3 is 6.09 Å². The van der Waals surface area contributed by atoms with E-state index in [2.05, 4.69) is 62.1 Å². The molecule has 2 aliphatic heterocycles. The Kier molecular flexibility index (Phi) is 14.2. The van der Waals surface area contributed by atoms with Gasteiger partial charge in [-0.05, 0) is 53.8 Å². The first kappa shape index (κ1) is 41.6. The summed E-state index contributed by atoms with van der Waals surface area (Å²) in [6.45, 7) is 8.78. The van der Waals surface area contributed by atoms with Crippen LogP contribution in [0.5, 0.6) is 5.75 Å². The fraction of sp³-hybridized carbons (Fsp3) is 0.500.